The van der Waals surface area contributed by atoms with Crippen LogP contribution in [0.4, 0.5) is 0 Å². The zero-order valence-electron chi connectivity index (χ0n) is 11.8. The van der Waals surface area contributed by atoms with E-state index in [1.807, 2.05) is 13.1 Å². The summed E-state index contributed by atoms with van der Waals surface area (Å²) in [6.45, 7) is 3.13. The zero-order valence-corrected chi connectivity index (χ0v) is 12.7. The number of rotatable bonds is 5. The second-order valence-electron chi connectivity index (χ2n) is 4.82. The third kappa shape index (κ3) is 2.37. The average Bonchev–Trinajstić information content (AvgIpc) is 3.11. The van der Waals surface area contributed by atoms with Crippen molar-refractivity contribution in [1.82, 2.24) is 14.9 Å². The van der Waals surface area contributed by atoms with Crippen LogP contribution < -0.4 is 5.32 Å². The standard InChI is InChI=1S/C16H19N3S/c1-3-19-14-8-5-4-7-12(14)18-16(19)11-13(17-2)15-9-6-10-20-15/h4-10,13,17H,3,11H2,1-2H3. The summed E-state index contributed by atoms with van der Waals surface area (Å²) in [5.41, 5.74) is 2.32. The number of fused-ring (bicyclic) bond motifs is 1. The van der Waals surface area contributed by atoms with Gasteiger partial charge in [0.2, 0.25) is 0 Å². The number of nitrogens with zero attached hydrogens (tertiary/aromatic N) is 2. The van der Waals surface area contributed by atoms with Crippen LogP contribution in [-0.4, -0.2) is 16.6 Å². The minimum atomic E-state index is 0.331. The molecule has 0 amide bonds. The van der Waals surface area contributed by atoms with E-state index >= 15 is 0 Å². The van der Waals surface area contributed by atoms with Crippen LogP contribution in [0.15, 0.2) is 41.8 Å². The highest BCUT2D eigenvalue weighted by Gasteiger charge is 2.16. The van der Waals surface area contributed by atoms with Gasteiger partial charge in [-0.15, -0.1) is 11.3 Å². The van der Waals surface area contributed by atoms with Crippen LogP contribution >= 0.6 is 11.3 Å². The zero-order chi connectivity index (χ0) is 13.9. The molecule has 0 aliphatic carbocycles. The van der Waals surface area contributed by atoms with Gasteiger partial charge in [-0.2, -0.15) is 0 Å². The number of imidazole rings is 1. The molecule has 0 bridgehead atoms. The number of aromatic nitrogens is 2. The molecule has 3 aromatic rings. The Morgan fingerprint density at radius 2 is 2.10 bits per heavy atom. The molecule has 1 aromatic carbocycles. The monoisotopic (exact) mass is 285 g/mol. The highest BCUT2D eigenvalue weighted by atomic mass is 32.1. The second kappa shape index (κ2) is 5.77. The third-order valence-corrected chi connectivity index (χ3v) is 4.66. The van der Waals surface area contributed by atoms with Crippen LogP contribution in [-0.2, 0) is 13.0 Å². The van der Waals surface area contributed by atoms with Gasteiger partial charge < -0.3 is 9.88 Å². The van der Waals surface area contributed by atoms with E-state index in [-0.39, 0.29) is 0 Å². The van der Waals surface area contributed by atoms with Crippen LogP contribution in [0.25, 0.3) is 11.0 Å². The Bertz CT molecular complexity index is 685. The lowest BCUT2D eigenvalue weighted by atomic mass is 10.1. The van der Waals surface area contributed by atoms with E-state index in [2.05, 4.69) is 52.5 Å². The van der Waals surface area contributed by atoms with Gasteiger partial charge in [-0.3, -0.25) is 0 Å². The number of benzene rings is 1. The van der Waals surface area contributed by atoms with Crippen molar-refractivity contribution >= 4 is 22.4 Å². The lowest BCUT2D eigenvalue weighted by Gasteiger charge is -2.15. The van der Waals surface area contributed by atoms with Crippen molar-refractivity contribution in [1.29, 1.82) is 0 Å². The van der Waals surface area contributed by atoms with Crippen LogP contribution in [0.3, 0.4) is 0 Å². The Hall–Kier alpha value is -1.65. The number of thiophene rings is 1. The molecule has 0 aliphatic heterocycles. The normalized spacial score (nSPS) is 12.9. The van der Waals surface area contributed by atoms with Crippen molar-refractivity contribution in [3.63, 3.8) is 0 Å². The summed E-state index contributed by atoms with van der Waals surface area (Å²) in [7, 11) is 2.02. The van der Waals surface area contributed by atoms with E-state index in [9.17, 15) is 0 Å². The Kier molecular flexibility index (Phi) is 3.85. The molecule has 2 aromatic heterocycles. The molecule has 20 heavy (non-hydrogen) atoms. The van der Waals surface area contributed by atoms with Gasteiger partial charge in [0.05, 0.1) is 11.0 Å². The molecule has 0 radical (unpaired) electrons. The molecule has 1 N–H and O–H groups in total. The number of para-hydroxylation sites is 2. The van der Waals surface area contributed by atoms with E-state index in [4.69, 9.17) is 4.98 Å². The second-order valence-corrected chi connectivity index (χ2v) is 5.80. The first kappa shape index (κ1) is 13.3. The molecule has 0 spiro atoms. The van der Waals surface area contributed by atoms with Crippen molar-refractivity contribution in [2.75, 3.05) is 7.05 Å². The number of nitrogens with one attached hydrogen (secondary N) is 1. The molecule has 3 nitrogen and oxygen atoms in total. The summed E-state index contributed by atoms with van der Waals surface area (Å²) in [4.78, 5) is 6.17. The Morgan fingerprint density at radius 1 is 1.25 bits per heavy atom. The molecule has 0 saturated heterocycles. The van der Waals surface area contributed by atoms with E-state index in [1.54, 1.807) is 11.3 Å². The van der Waals surface area contributed by atoms with Gasteiger partial charge in [0, 0.05) is 23.9 Å². The van der Waals surface area contributed by atoms with Crippen LogP contribution in [0.5, 0.6) is 0 Å². The molecular formula is C16H19N3S. The van der Waals surface area contributed by atoms with Gasteiger partial charge in [0.25, 0.3) is 0 Å². The first-order chi connectivity index (χ1) is 9.83. The third-order valence-electron chi connectivity index (χ3n) is 3.67. The van der Waals surface area contributed by atoms with Crippen molar-refractivity contribution in [3.05, 3.63) is 52.5 Å². The molecule has 1 unspecified atom stereocenters. The maximum atomic E-state index is 4.81. The first-order valence-corrected chi connectivity index (χ1v) is 7.86. The lowest BCUT2D eigenvalue weighted by Crippen LogP contribution is -2.19. The molecule has 4 heteroatoms. The highest BCUT2D eigenvalue weighted by molar-refractivity contribution is 7.10. The lowest BCUT2D eigenvalue weighted by molar-refractivity contribution is 0.564. The predicted molar refractivity (Wildman–Crippen MR) is 85.2 cm³/mol. The van der Waals surface area contributed by atoms with Crippen LogP contribution in [0.1, 0.15) is 23.7 Å². The SMILES string of the molecule is CCn1c(CC(NC)c2cccs2)nc2ccccc21. The minimum Gasteiger partial charge on any atom is -0.328 e. The van der Waals surface area contributed by atoms with Gasteiger partial charge >= 0.3 is 0 Å². The number of likely N-dealkylation sites (N-methyl/N-ethyl adjacent to an activating group) is 1. The van der Waals surface area contributed by atoms with Crippen LogP contribution in [0, 0.1) is 0 Å². The Labute approximate surface area is 123 Å². The summed E-state index contributed by atoms with van der Waals surface area (Å²) < 4.78 is 2.31. The van der Waals surface area contributed by atoms with Crippen molar-refractivity contribution < 1.29 is 0 Å². The first-order valence-electron chi connectivity index (χ1n) is 6.98. The maximum Gasteiger partial charge on any atom is 0.111 e. The molecule has 104 valence electrons. The number of hydrogen-bond donors (Lipinski definition) is 1. The quantitative estimate of drug-likeness (QED) is 0.776. The van der Waals surface area contributed by atoms with E-state index < -0.39 is 0 Å². The Morgan fingerprint density at radius 3 is 2.80 bits per heavy atom. The van der Waals surface area contributed by atoms with Crippen molar-refractivity contribution in [3.8, 4) is 0 Å². The summed E-state index contributed by atoms with van der Waals surface area (Å²) in [5.74, 6) is 1.15. The van der Waals surface area contributed by atoms with Gasteiger partial charge in [-0.05, 0) is 37.6 Å². The fraction of sp³-hybridized carbons (Fsp3) is 0.312. The molecule has 1 atom stereocenters. The van der Waals surface area contributed by atoms with Gasteiger partial charge in [0.1, 0.15) is 5.82 Å². The Balaban J connectivity index is 1.97. The summed E-state index contributed by atoms with van der Waals surface area (Å²) in [6, 6.07) is 13.0. The summed E-state index contributed by atoms with van der Waals surface area (Å²) in [5, 5.41) is 5.53. The largest absolute Gasteiger partial charge is 0.328 e. The highest BCUT2D eigenvalue weighted by Crippen LogP contribution is 2.24. The van der Waals surface area contributed by atoms with Crippen molar-refractivity contribution in [2.45, 2.75) is 25.9 Å². The van der Waals surface area contributed by atoms with Crippen LogP contribution in [0.2, 0.25) is 0 Å². The van der Waals surface area contributed by atoms with Gasteiger partial charge in [0.15, 0.2) is 0 Å². The average molecular weight is 285 g/mol. The smallest absolute Gasteiger partial charge is 0.111 e. The van der Waals surface area contributed by atoms with Crippen molar-refractivity contribution in [2.24, 2.45) is 0 Å². The molecule has 0 aliphatic rings. The summed E-state index contributed by atoms with van der Waals surface area (Å²) >= 11 is 1.80. The van der Waals surface area contributed by atoms with Gasteiger partial charge in [-0.1, -0.05) is 18.2 Å². The molecule has 0 saturated carbocycles. The minimum absolute atomic E-state index is 0.331. The molecule has 3 rings (SSSR count). The molecule has 0 fully saturated rings. The fourth-order valence-electron chi connectivity index (χ4n) is 2.65. The van der Waals surface area contributed by atoms with E-state index in [1.165, 1.54) is 10.4 Å². The number of hydrogen-bond acceptors (Lipinski definition) is 3. The fourth-order valence-corrected chi connectivity index (χ4v) is 3.49. The number of aryl methyl sites for hydroxylation is 1. The van der Waals surface area contributed by atoms with E-state index in [0.717, 1.165) is 24.3 Å². The predicted octanol–water partition coefficient (Wildman–Crippen LogP) is 3.62. The summed E-state index contributed by atoms with van der Waals surface area (Å²) in [6.07, 6.45) is 0.916. The molecule has 2 heterocycles. The maximum absolute atomic E-state index is 4.81. The molecular weight excluding hydrogens is 266 g/mol. The van der Waals surface area contributed by atoms with Gasteiger partial charge in [-0.25, -0.2) is 4.98 Å². The topological polar surface area (TPSA) is 29.9 Å². The van der Waals surface area contributed by atoms with E-state index in [0.29, 0.717) is 6.04 Å².